The lowest BCUT2D eigenvalue weighted by molar-refractivity contribution is -0.150. The van der Waals surface area contributed by atoms with E-state index >= 15 is 0 Å². The largest absolute Gasteiger partial charge is 0.465 e. The molecule has 6 heteroatoms. The van der Waals surface area contributed by atoms with E-state index in [9.17, 15) is 4.79 Å². The molecule has 116 valence electrons. The van der Waals surface area contributed by atoms with E-state index in [2.05, 4.69) is 10.3 Å². The molecule has 1 unspecified atom stereocenters. The van der Waals surface area contributed by atoms with E-state index in [0.717, 1.165) is 23.6 Å². The third-order valence-corrected chi connectivity index (χ3v) is 4.55. The summed E-state index contributed by atoms with van der Waals surface area (Å²) < 4.78 is 5.21. The minimum atomic E-state index is -0.614. The molecule has 0 radical (unpaired) electrons. The maximum Gasteiger partial charge on any atom is 0.326 e. The molecule has 0 aromatic carbocycles. The Hall–Kier alpha value is -0.780. The average molecular weight is 329 g/mol. The fourth-order valence-corrected chi connectivity index (χ4v) is 3.13. The molecule has 0 saturated heterocycles. The summed E-state index contributed by atoms with van der Waals surface area (Å²) in [4.78, 5) is 16.4. The van der Waals surface area contributed by atoms with Crippen molar-refractivity contribution < 1.29 is 9.53 Å². The minimum Gasteiger partial charge on any atom is -0.465 e. The van der Waals surface area contributed by atoms with Crippen molar-refractivity contribution in [1.82, 2.24) is 10.3 Å². The van der Waals surface area contributed by atoms with Crippen LogP contribution < -0.4 is 5.32 Å². The molecule has 1 fully saturated rings. The number of halogens is 1. The maximum atomic E-state index is 12.2. The number of carbonyl (C=O) groups excluding carboxylic acids is 1. The molecule has 4 nitrogen and oxygen atoms in total. The highest BCUT2D eigenvalue weighted by molar-refractivity contribution is 7.99. The molecule has 0 bridgehead atoms. The molecule has 1 aromatic heterocycles. The predicted molar refractivity (Wildman–Crippen MR) is 85.8 cm³/mol. The first-order valence-electron chi connectivity index (χ1n) is 7.23. The van der Waals surface area contributed by atoms with Crippen LogP contribution in [0.3, 0.4) is 0 Å². The minimum absolute atomic E-state index is 0.165. The third-order valence-electron chi connectivity index (χ3n) is 3.38. The predicted octanol–water partition coefficient (Wildman–Crippen LogP) is 3.29. The smallest absolute Gasteiger partial charge is 0.326 e. The standard InChI is InChI=1S/C15H21ClN2O2S/c1-3-20-14(19)15(2,18-12-5-6-12)8-9-21-13-7-4-11(16)10-17-13/h4,7,10,12,18H,3,5-6,8-9H2,1-2H3. The number of esters is 1. The fraction of sp³-hybridized carbons (Fsp3) is 0.600. The second kappa shape index (κ2) is 7.47. The molecule has 1 aliphatic rings. The van der Waals surface area contributed by atoms with Gasteiger partial charge in [0.25, 0.3) is 0 Å². The number of carbonyl (C=O) groups is 1. The first kappa shape index (κ1) is 16.6. The summed E-state index contributed by atoms with van der Waals surface area (Å²) in [5.41, 5.74) is -0.614. The maximum absolute atomic E-state index is 12.2. The van der Waals surface area contributed by atoms with Crippen molar-refractivity contribution in [3.05, 3.63) is 23.4 Å². The Morgan fingerprint density at radius 1 is 1.57 bits per heavy atom. The SMILES string of the molecule is CCOC(=O)C(C)(CCSc1ccc(Cl)cn1)NC1CC1. The van der Waals surface area contributed by atoms with Crippen molar-refractivity contribution in [1.29, 1.82) is 0 Å². The number of rotatable bonds is 8. The third kappa shape index (κ3) is 5.16. The molecule has 1 heterocycles. The molecule has 1 aromatic rings. The molecule has 1 N–H and O–H groups in total. The number of pyridine rings is 1. The Morgan fingerprint density at radius 2 is 2.33 bits per heavy atom. The summed E-state index contributed by atoms with van der Waals surface area (Å²) in [7, 11) is 0. The van der Waals surface area contributed by atoms with Crippen molar-refractivity contribution in [3.63, 3.8) is 0 Å². The Bertz CT molecular complexity index is 479. The molecule has 21 heavy (non-hydrogen) atoms. The molecule has 1 saturated carbocycles. The molecule has 0 amide bonds. The quantitative estimate of drug-likeness (QED) is 0.586. The summed E-state index contributed by atoms with van der Waals surface area (Å²) in [6, 6.07) is 4.17. The zero-order chi connectivity index (χ0) is 15.3. The summed E-state index contributed by atoms with van der Waals surface area (Å²) in [6.07, 6.45) is 4.62. The van der Waals surface area contributed by atoms with Gasteiger partial charge in [0.2, 0.25) is 0 Å². The summed E-state index contributed by atoms with van der Waals surface area (Å²) in [6.45, 7) is 4.17. The number of nitrogens with one attached hydrogen (secondary N) is 1. The van der Waals surface area contributed by atoms with Crippen LogP contribution in [0.15, 0.2) is 23.4 Å². The number of thioether (sulfide) groups is 1. The first-order valence-corrected chi connectivity index (χ1v) is 8.59. The van der Waals surface area contributed by atoms with Crippen molar-refractivity contribution in [3.8, 4) is 0 Å². The highest BCUT2D eigenvalue weighted by atomic mass is 35.5. The van der Waals surface area contributed by atoms with Gasteiger partial charge in [0.05, 0.1) is 16.7 Å². The number of aromatic nitrogens is 1. The van der Waals surface area contributed by atoms with E-state index in [0.29, 0.717) is 24.1 Å². The van der Waals surface area contributed by atoms with Gasteiger partial charge in [-0.3, -0.25) is 10.1 Å². The van der Waals surface area contributed by atoms with Crippen molar-refractivity contribution >= 4 is 29.3 Å². The van der Waals surface area contributed by atoms with Crippen LogP contribution in [0.4, 0.5) is 0 Å². The van der Waals surface area contributed by atoms with Crippen LogP contribution in [0.25, 0.3) is 0 Å². The first-order chi connectivity index (χ1) is 10.0. The van der Waals surface area contributed by atoms with Gasteiger partial charge in [0.1, 0.15) is 5.54 Å². The Kier molecular flexibility index (Phi) is 5.90. The molecule has 2 rings (SSSR count). The monoisotopic (exact) mass is 328 g/mol. The van der Waals surface area contributed by atoms with Crippen LogP contribution in [0, 0.1) is 0 Å². The van der Waals surface area contributed by atoms with E-state index in [1.165, 1.54) is 0 Å². The Morgan fingerprint density at radius 3 is 2.90 bits per heavy atom. The fourth-order valence-electron chi connectivity index (χ4n) is 2.01. The van der Waals surface area contributed by atoms with Crippen LogP contribution >= 0.6 is 23.4 Å². The average Bonchev–Trinajstić information content (AvgIpc) is 3.25. The van der Waals surface area contributed by atoms with Gasteiger partial charge in [-0.15, -0.1) is 11.8 Å². The number of ether oxygens (including phenoxy) is 1. The normalized spacial score (nSPS) is 17.3. The van der Waals surface area contributed by atoms with E-state index in [1.54, 1.807) is 18.0 Å². The van der Waals surface area contributed by atoms with Gasteiger partial charge in [-0.25, -0.2) is 4.98 Å². The molecule has 0 aliphatic heterocycles. The second-order valence-corrected chi connectivity index (χ2v) is 6.94. The van der Waals surface area contributed by atoms with Gasteiger partial charge >= 0.3 is 5.97 Å². The van der Waals surface area contributed by atoms with Gasteiger partial charge in [-0.1, -0.05) is 11.6 Å². The summed E-state index contributed by atoms with van der Waals surface area (Å²) >= 11 is 7.44. The Labute approximate surface area is 135 Å². The lowest BCUT2D eigenvalue weighted by Gasteiger charge is -2.28. The number of hydrogen-bond donors (Lipinski definition) is 1. The Balaban J connectivity index is 1.88. The van der Waals surface area contributed by atoms with Crippen LogP contribution in [-0.2, 0) is 9.53 Å². The molecule has 1 aliphatic carbocycles. The van der Waals surface area contributed by atoms with Crippen LogP contribution in [-0.4, -0.2) is 34.9 Å². The van der Waals surface area contributed by atoms with Crippen LogP contribution in [0.1, 0.15) is 33.1 Å². The molecule has 0 spiro atoms. The van der Waals surface area contributed by atoms with E-state index in [4.69, 9.17) is 16.3 Å². The van der Waals surface area contributed by atoms with Crippen LogP contribution in [0.5, 0.6) is 0 Å². The van der Waals surface area contributed by atoms with Gasteiger partial charge in [0.15, 0.2) is 0 Å². The molecular weight excluding hydrogens is 308 g/mol. The van der Waals surface area contributed by atoms with Crippen molar-refractivity contribution in [2.24, 2.45) is 0 Å². The zero-order valence-electron chi connectivity index (χ0n) is 12.4. The van der Waals surface area contributed by atoms with Gasteiger partial charge < -0.3 is 4.74 Å². The lowest BCUT2D eigenvalue weighted by atomic mass is 9.99. The highest BCUT2D eigenvalue weighted by Gasteiger charge is 2.39. The second-order valence-electron chi connectivity index (χ2n) is 5.38. The van der Waals surface area contributed by atoms with E-state index < -0.39 is 5.54 Å². The zero-order valence-corrected chi connectivity index (χ0v) is 14.0. The summed E-state index contributed by atoms with van der Waals surface area (Å²) in [5.74, 6) is 0.630. The van der Waals surface area contributed by atoms with E-state index in [-0.39, 0.29) is 5.97 Å². The molecular formula is C15H21ClN2O2S. The number of nitrogens with zero attached hydrogens (tertiary/aromatic N) is 1. The van der Waals surface area contributed by atoms with E-state index in [1.807, 2.05) is 26.0 Å². The lowest BCUT2D eigenvalue weighted by Crippen LogP contribution is -2.51. The molecule has 1 atom stereocenters. The van der Waals surface area contributed by atoms with Gasteiger partial charge in [0, 0.05) is 18.0 Å². The highest BCUT2D eigenvalue weighted by Crippen LogP contribution is 2.27. The summed E-state index contributed by atoms with van der Waals surface area (Å²) in [5, 5.41) is 4.96. The van der Waals surface area contributed by atoms with Gasteiger partial charge in [-0.2, -0.15) is 0 Å². The van der Waals surface area contributed by atoms with Crippen molar-refractivity contribution in [2.45, 2.75) is 49.7 Å². The van der Waals surface area contributed by atoms with Crippen molar-refractivity contribution in [2.75, 3.05) is 12.4 Å². The number of hydrogen-bond acceptors (Lipinski definition) is 5. The van der Waals surface area contributed by atoms with Crippen LogP contribution in [0.2, 0.25) is 5.02 Å². The van der Waals surface area contributed by atoms with Gasteiger partial charge in [-0.05, 0) is 45.2 Å². The topological polar surface area (TPSA) is 51.2 Å².